The van der Waals surface area contributed by atoms with Gasteiger partial charge in [0.15, 0.2) is 0 Å². The Balaban J connectivity index is 1.61. The van der Waals surface area contributed by atoms with Gasteiger partial charge in [-0.05, 0) is 37.1 Å². The van der Waals surface area contributed by atoms with Crippen molar-refractivity contribution in [3.63, 3.8) is 0 Å². The summed E-state index contributed by atoms with van der Waals surface area (Å²) >= 11 is 0. The standard InChI is InChI=1S/C24H25N3O5/c1-13-3-8-17-16(11-13)24(23(31)25-17)20-19(21(29)27(22(20)30)9-10-32-2)18(26-24)12-14-4-6-15(28)7-5-14/h3-8,11,18-20,26,28H,9-10,12H2,1-2H3,(H,25,31). The van der Waals surface area contributed by atoms with Crippen LogP contribution in [0.3, 0.4) is 0 Å². The average molecular weight is 435 g/mol. The molecule has 3 aliphatic rings. The van der Waals surface area contributed by atoms with Crippen molar-refractivity contribution in [1.29, 1.82) is 0 Å². The molecule has 3 heterocycles. The smallest absolute Gasteiger partial charge is 0.250 e. The molecule has 3 aliphatic heterocycles. The van der Waals surface area contributed by atoms with Crippen molar-refractivity contribution < 1.29 is 24.2 Å². The molecule has 2 fully saturated rings. The number of methoxy groups -OCH3 is 1. The van der Waals surface area contributed by atoms with E-state index in [1.807, 2.05) is 25.1 Å². The topological polar surface area (TPSA) is 108 Å². The number of aromatic hydroxyl groups is 1. The number of carbonyl (C=O) groups is 3. The third kappa shape index (κ3) is 2.87. The van der Waals surface area contributed by atoms with Gasteiger partial charge in [-0.2, -0.15) is 0 Å². The lowest BCUT2D eigenvalue weighted by molar-refractivity contribution is -0.143. The maximum atomic E-state index is 13.5. The first-order valence-corrected chi connectivity index (χ1v) is 10.7. The summed E-state index contributed by atoms with van der Waals surface area (Å²) in [5.41, 5.74) is 1.93. The Morgan fingerprint density at radius 3 is 2.56 bits per heavy atom. The van der Waals surface area contributed by atoms with E-state index >= 15 is 0 Å². The van der Waals surface area contributed by atoms with Crippen LogP contribution >= 0.6 is 0 Å². The van der Waals surface area contributed by atoms with Crippen LogP contribution in [0.5, 0.6) is 5.75 Å². The second kappa shape index (κ2) is 7.43. The van der Waals surface area contributed by atoms with E-state index in [4.69, 9.17) is 4.74 Å². The second-order valence-electron chi connectivity index (χ2n) is 8.76. The third-order valence-electron chi connectivity index (χ3n) is 6.87. The highest BCUT2D eigenvalue weighted by Gasteiger charge is 2.70. The molecule has 32 heavy (non-hydrogen) atoms. The van der Waals surface area contributed by atoms with Crippen LogP contribution in [0.4, 0.5) is 5.69 Å². The first-order valence-electron chi connectivity index (χ1n) is 10.7. The van der Waals surface area contributed by atoms with Gasteiger partial charge in [-0.3, -0.25) is 24.6 Å². The van der Waals surface area contributed by atoms with Crippen molar-refractivity contribution in [1.82, 2.24) is 10.2 Å². The number of carbonyl (C=O) groups excluding carboxylic acids is 3. The summed E-state index contributed by atoms with van der Waals surface area (Å²) in [7, 11) is 1.52. The second-order valence-corrected chi connectivity index (χ2v) is 8.76. The van der Waals surface area contributed by atoms with Gasteiger partial charge in [0, 0.05) is 24.4 Å². The highest BCUT2D eigenvalue weighted by atomic mass is 16.5. The summed E-state index contributed by atoms with van der Waals surface area (Å²) < 4.78 is 5.10. The lowest BCUT2D eigenvalue weighted by Crippen LogP contribution is -2.53. The highest BCUT2D eigenvalue weighted by Crippen LogP contribution is 2.53. The molecule has 8 nitrogen and oxygen atoms in total. The van der Waals surface area contributed by atoms with E-state index in [2.05, 4.69) is 10.6 Å². The number of hydrogen-bond donors (Lipinski definition) is 3. The molecule has 3 amide bonds. The Kier molecular flexibility index (Phi) is 4.79. The Labute approximate surface area is 185 Å². The highest BCUT2D eigenvalue weighted by molar-refractivity contribution is 6.15. The lowest BCUT2D eigenvalue weighted by Gasteiger charge is -2.29. The summed E-state index contributed by atoms with van der Waals surface area (Å²) in [4.78, 5) is 41.6. The van der Waals surface area contributed by atoms with Crippen LogP contribution in [0, 0.1) is 18.8 Å². The van der Waals surface area contributed by atoms with Gasteiger partial charge in [-0.25, -0.2) is 0 Å². The molecular formula is C24H25N3O5. The van der Waals surface area contributed by atoms with Gasteiger partial charge in [0.2, 0.25) is 17.7 Å². The van der Waals surface area contributed by atoms with Gasteiger partial charge in [0.05, 0.1) is 25.0 Å². The van der Waals surface area contributed by atoms with Crippen molar-refractivity contribution in [3.05, 3.63) is 59.2 Å². The third-order valence-corrected chi connectivity index (χ3v) is 6.87. The summed E-state index contributed by atoms with van der Waals surface area (Å²) in [6.07, 6.45) is 0.439. The SMILES string of the molecule is COCCN1C(=O)C2C(Cc3ccc(O)cc3)NC3(C(=O)Nc4ccc(C)cc43)C2C1=O. The summed E-state index contributed by atoms with van der Waals surface area (Å²) in [5.74, 6) is -2.29. The number of nitrogens with zero attached hydrogens (tertiary/aromatic N) is 1. The zero-order valence-electron chi connectivity index (χ0n) is 17.9. The molecule has 2 saturated heterocycles. The van der Waals surface area contributed by atoms with Gasteiger partial charge >= 0.3 is 0 Å². The van der Waals surface area contributed by atoms with E-state index in [1.165, 1.54) is 12.0 Å². The molecule has 3 N–H and O–H groups in total. The maximum Gasteiger partial charge on any atom is 0.250 e. The molecule has 4 atom stereocenters. The van der Waals surface area contributed by atoms with Crippen LogP contribution in [-0.2, 0) is 31.1 Å². The fourth-order valence-corrected chi connectivity index (χ4v) is 5.44. The van der Waals surface area contributed by atoms with Crippen molar-refractivity contribution in [2.45, 2.75) is 24.9 Å². The number of phenols is 1. The number of likely N-dealkylation sites (tertiary alicyclic amines) is 1. The minimum atomic E-state index is -1.30. The summed E-state index contributed by atoms with van der Waals surface area (Å²) in [5, 5.41) is 16.0. The van der Waals surface area contributed by atoms with E-state index in [1.54, 1.807) is 24.3 Å². The molecule has 0 saturated carbocycles. The van der Waals surface area contributed by atoms with E-state index in [9.17, 15) is 19.5 Å². The number of aryl methyl sites for hydroxylation is 1. The molecule has 0 bridgehead atoms. The number of hydrogen-bond acceptors (Lipinski definition) is 6. The number of nitrogens with one attached hydrogen (secondary N) is 2. The molecule has 5 rings (SSSR count). The van der Waals surface area contributed by atoms with Crippen molar-refractivity contribution in [2.75, 3.05) is 25.6 Å². The van der Waals surface area contributed by atoms with Crippen LogP contribution in [0.25, 0.3) is 0 Å². The predicted molar refractivity (Wildman–Crippen MR) is 116 cm³/mol. The van der Waals surface area contributed by atoms with Gasteiger partial charge in [-0.15, -0.1) is 0 Å². The van der Waals surface area contributed by atoms with Gasteiger partial charge in [-0.1, -0.05) is 29.8 Å². The molecule has 166 valence electrons. The fraction of sp³-hybridized carbons (Fsp3) is 0.375. The number of rotatable bonds is 5. The Morgan fingerprint density at radius 1 is 1.09 bits per heavy atom. The quantitative estimate of drug-likeness (QED) is 0.612. The minimum absolute atomic E-state index is 0.153. The first-order chi connectivity index (χ1) is 15.4. The fourth-order valence-electron chi connectivity index (χ4n) is 5.44. The van der Waals surface area contributed by atoms with Gasteiger partial charge in [0.1, 0.15) is 11.3 Å². The van der Waals surface area contributed by atoms with Crippen LogP contribution in [0.15, 0.2) is 42.5 Å². The van der Waals surface area contributed by atoms with Crippen LogP contribution in [0.1, 0.15) is 16.7 Å². The van der Waals surface area contributed by atoms with E-state index in [0.717, 1.165) is 11.1 Å². The molecule has 4 unspecified atom stereocenters. The number of fused-ring (bicyclic) bond motifs is 4. The van der Waals surface area contributed by atoms with Crippen molar-refractivity contribution >= 4 is 23.4 Å². The molecule has 0 radical (unpaired) electrons. The van der Waals surface area contributed by atoms with Crippen LogP contribution in [0.2, 0.25) is 0 Å². The van der Waals surface area contributed by atoms with E-state index in [0.29, 0.717) is 17.7 Å². The Bertz CT molecular complexity index is 1120. The van der Waals surface area contributed by atoms with Crippen molar-refractivity contribution in [2.24, 2.45) is 11.8 Å². The normalized spacial score (nSPS) is 28.4. The Hall–Kier alpha value is -3.23. The molecule has 1 spiro atoms. The number of imide groups is 1. The molecular weight excluding hydrogens is 410 g/mol. The van der Waals surface area contributed by atoms with Crippen molar-refractivity contribution in [3.8, 4) is 5.75 Å². The molecule has 2 aromatic carbocycles. The van der Waals surface area contributed by atoms with E-state index in [-0.39, 0.29) is 36.6 Å². The molecule has 0 aromatic heterocycles. The molecule has 2 aromatic rings. The zero-order chi connectivity index (χ0) is 22.6. The predicted octanol–water partition coefficient (Wildman–Crippen LogP) is 1.31. The monoisotopic (exact) mass is 435 g/mol. The summed E-state index contributed by atoms with van der Waals surface area (Å²) in [6, 6.07) is 12.0. The lowest BCUT2D eigenvalue weighted by atomic mass is 9.76. The number of phenolic OH excluding ortho intramolecular Hbond substituents is 1. The zero-order valence-corrected chi connectivity index (χ0v) is 17.9. The van der Waals surface area contributed by atoms with Crippen LogP contribution in [-0.4, -0.2) is 54.0 Å². The van der Waals surface area contributed by atoms with Gasteiger partial charge in [0.25, 0.3) is 0 Å². The first kappa shape index (κ1) is 20.7. The number of benzene rings is 2. The molecule has 0 aliphatic carbocycles. The Morgan fingerprint density at radius 2 is 1.84 bits per heavy atom. The summed E-state index contributed by atoms with van der Waals surface area (Å²) in [6.45, 7) is 2.33. The number of anilines is 1. The molecule has 8 heteroatoms. The average Bonchev–Trinajstić information content (AvgIpc) is 3.34. The maximum absolute atomic E-state index is 13.5. The van der Waals surface area contributed by atoms with Crippen LogP contribution < -0.4 is 10.6 Å². The number of amides is 3. The van der Waals surface area contributed by atoms with E-state index < -0.39 is 23.4 Å². The largest absolute Gasteiger partial charge is 0.508 e. The minimum Gasteiger partial charge on any atom is -0.508 e. The number of ether oxygens (including phenoxy) is 1. The van der Waals surface area contributed by atoms with Gasteiger partial charge < -0.3 is 15.2 Å².